The van der Waals surface area contributed by atoms with Crippen molar-refractivity contribution in [2.75, 3.05) is 0 Å². The molecule has 0 radical (unpaired) electrons. The van der Waals surface area contributed by atoms with Gasteiger partial charge in [-0.2, -0.15) is 0 Å². The average Bonchev–Trinajstić information content (AvgIpc) is 2.64. The van der Waals surface area contributed by atoms with Crippen LogP contribution in [0.25, 0.3) is 17.1 Å². The molecule has 0 aliphatic heterocycles. The molecule has 1 aliphatic carbocycles. The van der Waals surface area contributed by atoms with E-state index in [0.717, 1.165) is 29.6 Å². The number of rotatable bonds is 5. The normalized spacial score (nSPS) is 17.2. The van der Waals surface area contributed by atoms with Gasteiger partial charge in [-0.05, 0) is 82.7 Å². The summed E-state index contributed by atoms with van der Waals surface area (Å²) in [5.41, 5.74) is 9.39. The topological polar surface area (TPSA) is 25.8 Å². The van der Waals surface area contributed by atoms with E-state index in [1.807, 2.05) is 12.3 Å². The van der Waals surface area contributed by atoms with Gasteiger partial charge in [-0.15, -0.1) is 0 Å². The summed E-state index contributed by atoms with van der Waals surface area (Å²) in [6.45, 7) is 10.8. The van der Waals surface area contributed by atoms with Gasteiger partial charge in [0.1, 0.15) is 0 Å². The maximum atomic E-state index is 4.72. The standard InChI is InChI=1S/C26H30N2/c1-18(2)23(15-21(5)14-22-8-6-7-19(3)13-22)10-11-24-17-27-26-16-20(4)9-12-25(26)28-24/h6-12,15-17,22H,13-14H2,1-5H3/b11-10+,21-15-. The Balaban J connectivity index is 1.76. The summed E-state index contributed by atoms with van der Waals surface area (Å²) in [7, 11) is 0. The number of hydrogen-bond acceptors (Lipinski definition) is 2. The van der Waals surface area contributed by atoms with Crippen LogP contribution in [0.4, 0.5) is 0 Å². The van der Waals surface area contributed by atoms with Crippen LogP contribution < -0.4 is 0 Å². The summed E-state index contributed by atoms with van der Waals surface area (Å²) in [5.74, 6) is 0.610. The smallest absolute Gasteiger partial charge is 0.0894 e. The highest BCUT2D eigenvalue weighted by molar-refractivity contribution is 5.76. The number of aromatic nitrogens is 2. The molecule has 1 unspecified atom stereocenters. The van der Waals surface area contributed by atoms with E-state index in [2.05, 4.69) is 88.2 Å². The quantitative estimate of drug-likeness (QED) is 0.522. The van der Waals surface area contributed by atoms with Gasteiger partial charge in [-0.25, -0.2) is 4.98 Å². The Labute approximate surface area is 169 Å². The van der Waals surface area contributed by atoms with Crippen LogP contribution in [0.2, 0.25) is 0 Å². The summed E-state index contributed by atoms with van der Waals surface area (Å²) in [6, 6.07) is 6.18. The summed E-state index contributed by atoms with van der Waals surface area (Å²) in [5, 5.41) is 0. The van der Waals surface area contributed by atoms with Crippen molar-refractivity contribution < 1.29 is 0 Å². The predicted molar refractivity (Wildman–Crippen MR) is 121 cm³/mol. The molecule has 2 aromatic rings. The lowest BCUT2D eigenvalue weighted by Gasteiger charge is -2.16. The molecule has 0 saturated carbocycles. The van der Waals surface area contributed by atoms with Gasteiger partial charge in [0.2, 0.25) is 0 Å². The zero-order chi connectivity index (χ0) is 20.1. The third kappa shape index (κ3) is 5.39. The molecule has 0 spiro atoms. The van der Waals surface area contributed by atoms with E-state index in [0.29, 0.717) is 5.92 Å². The molecule has 0 amide bonds. The number of allylic oxidation sites excluding steroid dienone is 9. The lowest BCUT2D eigenvalue weighted by atomic mass is 9.89. The molecule has 28 heavy (non-hydrogen) atoms. The van der Waals surface area contributed by atoms with Gasteiger partial charge in [0.15, 0.2) is 0 Å². The third-order valence-electron chi connectivity index (χ3n) is 5.06. The lowest BCUT2D eigenvalue weighted by molar-refractivity contribution is 0.628. The molecular weight excluding hydrogens is 340 g/mol. The molecular formula is C26H30N2. The van der Waals surface area contributed by atoms with Crippen LogP contribution in [0.15, 0.2) is 77.1 Å². The maximum Gasteiger partial charge on any atom is 0.0894 e. The van der Waals surface area contributed by atoms with Crippen LogP contribution in [0.3, 0.4) is 0 Å². The van der Waals surface area contributed by atoms with Crippen molar-refractivity contribution in [3.05, 3.63) is 88.3 Å². The highest BCUT2D eigenvalue weighted by atomic mass is 14.8. The van der Waals surface area contributed by atoms with Gasteiger partial charge in [0.05, 0.1) is 22.9 Å². The lowest BCUT2D eigenvalue weighted by Crippen LogP contribution is -2.01. The van der Waals surface area contributed by atoms with Crippen LogP contribution in [-0.2, 0) is 0 Å². The van der Waals surface area contributed by atoms with Crippen molar-refractivity contribution in [3.8, 4) is 0 Å². The number of aryl methyl sites for hydroxylation is 1. The Bertz CT molecular complexity index is 1010. The van der Waals surface area contributed by atoms with Crippen LogP contribution in [0.1, 0.15) is 51.8 Å². The van der Waals surface area contributed by atoms with E-state index in [1.54, 1.807) is 0 Å². The first-order chi connectivity index (χ1) is 13.4. The number of hydrogen-bond donors (Lipinski definition) is 0. The highest BCUT2D eigenvalue weighted by Gasteiger charge is 2.09. The van der Waals surface area contributed by atoms with Crippen molar-refractivity contribution in [2.24, 2.45) is 5.92 Å². The fourth-order valence-corrected chi connectivity index (χ4v) is 3.55. The van der Waals surface area contributed by atoms with E-state index in [9.17, 15) is 0 Å². The molecule has 0 bridgehead atoms. The zero-order valence-corrected chi connectivity index (χ0v) is 17.7. The van der Waals surface area contributed by atoms with Crippen LogP contribution >= 0.6 is 0 Å². The molecule has 1 heterocycles. The van der Waals surface area contributed by atoms with Gasteiger partial charge in [-0.1, -0.05) is 53.2 Å². The SMILES string of the molecule is CC1=CC=CC(C/C(C)=C\C(/C=C/c2cnc3cc(C)ccc3n2)=C(C)C)C1. The molecule has 1 atom stereocenters. The number of fused-ring (bicyclic) bond motifs is 1. The van der Waals surface area contributed by atoms with E-state index >= 15 is 0 Å². The van der Waals surface area contributed by atoms with Crippen LogP contribution in [0, 0.1) is 12.8 Å². The third-order valence-corrected chi connectivity index (χ3v) is 5.06. The highest BCUT2D eigenvalue weighted by Crippen LogP contribution is 2.25. The first-order valence-electron chi connectivity index (χ1n) is 10.0. The molecule has 0 saturated heterocycles. The van der Waals surface area contributed by atoms with Gasteiger partial charge in [-0.3, -0.25) is 4.98 Å². The Morgan fingerprint density at radius 3 is 2.71 bits per heavy atom. The first-order valence-corrected chi connectivity index (χ1v) is 10.0. The predicted octanol–water partition coefficient (Wildman–Crippen LogP) is 7.15. The summed E-state index contributed by atoms with van der Waals surface area (Å²) >= 11 is 0. The molecule has 0 fully saturated rings. The monoisotopic (exact) mass is 370 g/mol. The molecule has 2 nitrogen and oxygen atoms in total. The number of benzene rings is 1. The van der Waals surface area contributed by atoms with Gasteiger partial charge >= 0.3 is 0 Å². The minimum atomic E-state index is 0.610. The Morgan fingerprint density at radius 1 is 1.14 bits per heavy atom. The van der Waals surface area contributed by atoms with Gasteiger partial charge in [0, 0.05) is 0 Å². The van der Waals surface area contributed by atoms with Crippen LogP contribution in [-0.4, -0.2) is 9.97 Å². The fraction of sp³-hybridized carbons (Fsp3) is 0.308. The molecule has 1 aromatic carbocycles. The van der Waals surface area contributed by atoms with Crippen molar-refractivity contribution in [1.29, 1.82) is 0 Å². The second-order valence-electron chi connectivity index (χ2n) is 8.13. The van der Waals surface area contributed by atoms with E-state index in [1.165, 1.54) is 27.9 Å². The Kier molecular flexibility index (Phi) is 6.41. The van der Waals surface area contributed by atoms with Crippen molar-refractivity contribution in [1.82, 2.24) is 9.97 Å². The number of nitrogens with zero attached hydrogens (tertiary/aromatic N) is 2. The van der Waals surface area contributed by atoms with Crippen molar-refractivity contribution >= 4 is 17.1 Å². The minimum absolute atomic E-state index is 0.610. The second kappa shape index (κ2) is 8.97. The second-order valence-corrected chi connectivity index (χ2v) is 8.13. The molecule has 144 valence electrons. The van der Waals surface area contributed by atoms with Gasteiger partial charge in [0.25, 0.3) is 0 Å². The Hall–Kier alpha value is -2.74. The van der Waals surface area contributed by atoms with Crippen molar-refractivity contribution in [3.63, 3.8) is 0 Å². The molecule has 1 aromatic heterocycles. The minimum Gasteiger partial charge on any atom is -0.252 e. The maximum absolute atomic E-state index is 4.72. The Morgan fingerprint density at radius 2 is 1.96 bits per heavy atom. The first kappa shape index (κ1) is 20.0. The summed E-state index contributed by atoms with van der Waals surface area (Å²) in [4.78, 5) is 9.27. The van der Waals surface area contributed by atoms with Crippen LogP contribution in [0.5, 0.6) is 0 Å². The zero-order valence-electron chi connectivity index (χ0n) is 17.7. The van der Waals surface area contributed by atoms with E-state index in [-0.39, 0.29) is 0 Å². The van der Waals surface area contributed by atoms with Gasteiger partial charge < -0.3 is 0 Å². The molecule has 1 aliphatic rings. The summed E-state index contributed by atoms with van der Waals surface area (Å²) in [6.07, 6.45) is 17.4. The molecule has 3 rings (SSSR count). The van der Waals surface area contributed by atoms with E-state index < -0.39 is 0 Å². The largest absolute Gasteiger partial charge is 0.252 e. The van der Waals surface area contributed by atoms with Crippen molar-refractivity contribution in [2.45, 2.75) is 47.5 Å². The molecule has 2 heteroatoms. The fourth-order valence-electron chi connectivity index (χ4n) is 3.55. The molecule has 0 N–H and O–H groups in total. The van der Waals surface area contributed by atoms with E-state index in [4.69, 9.17) is 4.98 Å². The summed E-state index contributed by atoms with van der Waals surface area (Å²) < 4.78 is 0. The average molecular weight is 371 g/mol.